The number of aryl methyl sites for hydroxylation is 1. The Kier molecular flexibility index (Phi) is 6.75. The van der Waals surface area contributed by atoms with E-state index in [9.17, 15) is 10.1 Å². The normalized spacial score (nSPS) is 11.2. The monoisotopic (exact) mass is 359 g/mol. The fourth-order valence-corrected chi connectivity index (χ4v) is 2.46. The van der Waals surface area contributed by atoms with Crippen LogP contribution in [-0.4, -0.2) is 36.1 Å². The maximum Gasteiger partial charge on any atom is 0.348 e. The Hall–Kier alpha value is -2.62. The van der Waals surface area contributed by atoms with E-state index < -0.39 is 5.97 Å². The molecule has 0 N–H and O–H groups in total. The first-order valence-corrected chi connectivity index (χ1v) is 7.99. The highest BCUT2D eigenvalue weighted by molar-refractivity contribution is 6.31. The quantitative estimate of drug-likeness (QED) is 0.329. The number of carbonyl (C=O) groups excluding carboxylic acids is 1. The van der Waals surface area contributed by atoms with Crippen molar-refractivity contribution in [3.8, 4) is 6.07 Å². The number of benzene rings is 1. The van der Waals surface area contributed by atoms with Gasteiger partial charge < -0.3 is 9.47 Å². The van der Waals surface area contributed by atoms with Crippen LogP contribution in [0.15, 0.2) is 35.9 Å². The van der Waals surface area contributed by atoms with Crippen LogP contribution in [0, 0.1) is 18.3 Å². The molecule has 6 nitrogen and oxygen atoms in total. The second kappa shape index (κ2) is 9.02. The highest BCUT2D eigenvalue weighted by atomic mass is 35.5. The van der Waals surface area contributed by atoms with Crippen LogP contribution in [0.3, 0.4) is 0 Å². The van der Waals surface area contributed by atoms with Crippen LogP contribution in [0.4, 0.5) is 0 Å². The van der Waals surface area contributed by atoms with E-state index >= 15 is 0 Å². The van der Waals surface area contributed by atoms with Crippen LogP contribution in [0.5, 0.6) is 0 Å². The minimum absolute atomic E-state index is 0.0777. The van der Waals surface area contributed by atoms with E-state index in [1.54, 1.807) is 11.6 Å². The van der Waals surface area contributed by atoms with Crippen molar-refractivity contribution >= 4 is 23.6 Å². The van der Waals surface area contributed by atoms with Gasteiger partial charge in [-0.15, -0.1) is 0 Å². The van der Waals surface area contributed by atoms with Gasteiger partial charge in [0.05, 0.1) is 18.8 Å². The van der Waals surface area contributed by atoms with Crippen molar-refractivity contribution in [3.05, 3.63) is 57.9 Å². The van der Waals surface area contributed by atoms with Gasteiger partial charge >= 0.3 is 5.97 Å². The first-order valence-electron chi connectivity index (χ1n) is 7.61. The molecule has 1 heterocycles. The lowest BCUT2D eigenvalue weighted by Crippen LogP contribution is -2.11. The Balaban J connectivity index is 2.23. The third-order valence-corrected chi connectivity index (χ3v) is 3.83. The number of rotatable bonds is 7. The second-order valence-corrected chi connectivity index (χ2v) is 5.59. The molecule has 130 valence electrons. The van der Waals surface area contributed by atoms with Gasteiger partial charge in [-0.05, 0) is 18.6 Å². The highest BCUT2D eigenvalue weighted by Gasteiger charge is 2.16. The summed E-state index contributed by atoms with van der Waals surface area (Å²) in [5.74, 6) is -0.717. The summed E-state index contributed by atoms with van der Waals surface area (Å²) in [6.07, 6.45) is 1.40. The summed E-state index contributed by atoms with van der Waals surface area (Å²) in [4.78, 5) is 11.9. The fraction of sp³-hybridized carbons (Fsp3) is 0.278. The molecule has 2 aromatic rings. The Morgan fingerprint density at radius 2 is 2.08 bits per heavy atom. The van der Waals surface area contributed by atoms with Gasteiger partial charge in [0.25, 0.3) is 0 Å². The molecule has 0 atom stereocenters. The number of hydrogen-bond donors (Lipinski definition) is 0. The van der Waals surface area contributed by atoms with Crippen molar-refractivity contribution in [2.45, 2.75) is 13.5 Å². The molecule has 0 aliphatic heterocycles. The van der Waals surface area contributed by atoms with Crippen LogP contribution in [-0.2, 0) is 20.8 Å². The number of carbonyl (C=O) groups is 1. The van der Waals surface area contributed by atoms with Crippen molar-refractivity contribution in [1.82, 2.24) is 9.78 Å². The van der Waals surface area contributed by atoms with E-state index in [2.05, 4.69) is 5.10 Å². The van der Waals surface area contributed by atoms with E-state index in [1.165, 1.54) is 13.2 Å². The van der Waals surface area contributed by atoms with Gasteiger partial charge in [-0.3, -0.25) is 0 Å². The summed E-state index contributed by atoms with van der Waals surface area (Å²) < 4.78 is 11.4. The van der Waals surface area contributed by atoms with E-state index in [4.69, 9.17) is 21.1 Å². The average Bonchev–Trinajstić information content (AvgIpc) is 2.87. The summed E-state index contributed by atoms with van der Waals surface area (Å²) >= 11 is 6.39. The van der Waals surface area contributed by atoms with E-state index in [0.29, 0.717) is 23.0 Å². The molecule has 0 aliphatic carbocycles. The lowest BCUT2D eigenvalue weighted by Gasteiger charge is -2.04. The molecule has 1 aromatic heterocycles. The van der Waals surface area contributed by atoms with Crippen molar-refractivity contribution < 1.29 is 14.3 Å². The van der Waals surface area contributed by atoms with Gasteiger partial charge in [-0.2, -0.15) is 10.4 Å². The number of halogens is 1. The minimum atomic E-state index is -0.717. The Morgan fingerprint density at radius 3 is 2.72 bits per heavy atom. The molecule has 25 heavy (non-hydrogen) atoms. The molecule has 0 fully saturated rings. The average molecular weight is 360 g/mol. The summed E-state index contributed by atoms with van der Waals surface area (Å²) in [5.41, 5.74) is 2.05. The van der Waals surface area contributed by atoms with Gasteiger partial charge in [0.15, 0.2) is 0 Å². The number of esters is 1. The largest absolute Gasteiger partial charge is 0.459 e. The van der Waals surface area contributed by atoms with E-state index in [0.717, 1.165) is 5.56 Å². The standard InChI is InChI=1S/C18H18ClN3O3/c1-13-16(10-15(11-20)18(23)25-9-8-24-2)17(19)22(21-13)12-14-6-4-3-5-7-14/h3-7,10H,8-9,12H2,1-2H3/b15-10+. The lowest BCUT2D eigenvalue weighted by molar-refractivity contribution is -0.139. The Morgan fingerprint density at radius 1 is 1.36 bits per heavy atom. The Labute approximate surface area is 151 Å². The van der Waals surface area contributed by atoms with Gasteiger partial charge in [0, 0.05) is 12.7 Å². The highest BCUT2D eigenvalue weighted by Crippen LogP contribution is 2.23. The van der Waals surface area contributed by atoms with Crippen LogP contribution in [0.1, 0.15) is 16.8 Å². The zero-order valence-corrected chi connectivity index (χ0v) is 14.8. The SMILES string of the molecule is COCCOC(=O)/C(C#N)=C/c1c(C)nn(Cc2ccccc2)c1Cl. The number of methoxy groups -OCH3 is 1. The molecule has 2 rings (SSSR count). The van der Waals surface area contributed by atoms with E-state index in [-0.39, 0.29) is 18.8 Å². The molecule has 0 amide bonds. The van der Waals surface area contributed by atoms with Gasteiger partial charge in [-0.1, -0.05) is 41.9 Å². The zero-order valence-electron chi connectivity index (χ0n) is 14.0. The Bertz CT molecular complexity index is 807. The molecular weight excluding hydrogens is 342 g/mol. The zero-order chi connectivity index (χ0) is 18.2. The second-order valence-electron chi connectivity index (χ2n) is 5.23. The maximum absolute atomic E-state index is 11.9. The van der Waals surface area contributed by atoms with Crippen molar-refractivity contribution in [1.29, 1.82) is 5.26 Å². The maximum atomic E-state index is 11.9. The predicted octanol–water partition coefficient (Wildman–Crippen LogP) is 2.99. The molecule has 0 unspecified atom stereocenters. The van der Waals surface area contributed by atoms with Crippen molar-refractivity contribution in [2.75, 3.05) is 20.3 Å². The fourth-order valence-electron chi connectivity index (χ4n) is 2.17. The summed E-state index contributed by atoms with van der Waals surface area (Å²) in [5, 5.41) is 14.0. The van der Waals surface area contributed by atoms with Crippen molar-refractivity contribution in [3.63, 3.8) is 0 Å². The molecule has 7 heteroatoms. The van der Waals surface area contributed by atoms with Crippen LogP contribution < -0.4 is 0 Å². The minimum Gasteiger partial charge on any atom is -0.459 e. The van der Waals surface area contributed by atoms with Gasteiger partial charge in [0.1, 0.15) is 23.4 Å². The molecule has 0 radical (unpaired) electrons. The molecule has 0 aliphatic rings. The van der Waals surface area contributed by atoms with Gasteiger partial charge in [-0.25, -0.2) is 9.48 Å². The van der Waals surface area contributed by atoms with Gasteiger partial charge in [0.2, 0.25) is 0 Å². The molecular formula is C18H18ClN3O3. The third-order valence-electron chi connectivity index (χ3n) is 3.43. The topological polar surface area (TPSA) is 77.1 Å². The van der Waals surface area contributed by atoms with Crippen LogP contribution in [0.2, 0.25) is 5.15 Å². The number of hydrogen-bond acceptors (Lipinski definition) is 5. The first-order chi connectivity index (χ1) is 12.1. The molecule has 1 aromatic carbocycles. The molecule has 0 spiro atoms. The smallest absolute Gasteiger partial charge is 0.348 e. The summed E-state index contributed by atoms with van der Waals surface area (Å²) in [6, 6.07) is 11.6. The molecule has 0 bridgehead atoms. The number of nitrogens with zero attached hydrogens (tertiary/aromatic N) is 3. The van der Waals surface area contributed by atoms with Crippen LogP contribution in [0.25, 0.3) is 6.08 Å². The molecule has 0 saturated carbocycles. The van der Waals surface area contributed by atoms with Crippen molar-refractivity contribution in [2.24, 2.45) is 0 Å². The predicted molar refractivity (Wildman–Crippen MR) is 93.9 cm³/mol. The summed E-state index contributed by atoms with van der Waals surface area (Å²) in [7, 11) is 1.50. The lowest BCUT2D eigenvalue weighted by atomic mass is 10.1. The number of aromatic nitrogens is 2. The third kappa shape index (κ3) is 4.92. The van der Waals surface area contributed by atoms with E-state index in [1.807, 2.05) is 36.4 Å². The molecule has 0 saturated heterocycles. The number of ether oxygens (including phenoxy) is 2. The summed E-state index contributed by atoms with van der Waals surface area (Å²) in [6.45, 7) is 2.60. The van der Waals surface area contributed by atoms with Crippen LogP contribution >= 0.6 is 11.6 Å². The number of nitriles is 1. The first kappa shape index (κ1) is 18.7.